The monoisotopic (exact) mass is 274 g/mol. The van der Waals surface area contributed by atoms with Crippen molar-refractivity contribution in [2.45, 2.75) is 12.7 Å². The van der Waals surface area contributed by atoms with Crippen LogP contribution in [0.25, 0.3) is 5.52 Å². The zero-order chi connectivity index (χ0) is 13.8. The Balaban J connectivity index is 2.13. The smallest absolute Gasteiger partial charge is 0.307 e. The van der Waals surface area contributed by atoms with Crippen molar-refractivity contribution in [3.8, 4) is 6.07 Å². The van der Waals surface area contributed by atoms with Crippen molar-refractivity contribution in [1.29, 1.82) is 5.26 Å². The maximum absolute atomic E-state index is 10.7. The quantitative estimate of drug-likeness (QED) is 0.910. The lowest BCUT2D eigenvalue weighted by Crippen LogP contribution is -2.11. The molecule has 0 saturated carbocycles. The Morgan fingerprint density at radius 2 is 2.37 bits per heavy atom. The number of fused-ring (bicyclic) bond motifs is 1. The van der Waals surface area contributed by atoms with Crippen LogP contribution in [0.15, 0.2) is 30.6 Å². The van der Waals surface area contributed by atoms with Crippen LogP contribution in [-0.2, 0) is 10.5 Å². The fourth-order valence-electron chi connectivity index (χ4n) is 1.83. The largest absolute Gasteiger partial charge is 0.481 e. The number of aliphatic carboxylic acids is 1. The molecule has 2 aromatic heterocycles. The standard InChI is InChI=1S/C14H14N2O2S/c1-10(14(17)18)8-19-9-11-7-16-5-3-2-4-13(16)12(11)6-15/h2-5,7,10H,8-9H2,1H3,(H,17,18). The molecule has 2 heterocycles. The minimum Gasteiger partial charge on any atom is -0.481 e. The fraction of sp³-hybridized carbons (Fsp3) is 0.286. The maximum Gasteiger partial charge on any atom is 0.307 e. The minimum absolute atomic E-state index is 0.368. The molecule has 2 rings (SSSR count). The van der Waals surface area contributed by atoms with E-state index in [2.05, 4.69) is 6.07 Å². The summed E-state index contributed by atoms with van der Waals surface area (Å²) in [7, 11) is 0. The highest BCUT2D eigenvalue weighted by molar-refractivity contribution is 7.98. The first-order valence-corrected chi connectivity index (χ1v) is 7.08. The summed E-state index contributed by atoms with van der Waals surface area (Å²) in [6, 6.07) is 7.95. The summed E-state index contributed by atoms with van der Waals surface area (Å²) in [5, 5.41) is 18.1. The molecular weight excluding hydrogens is 260 g/mol. The Morgan fingerprint density at radius 1 is 1.58 bits per heavy atom. The van der Waals surface area contributed by atoms with Crippen molar-refractivity contribution in [2.75, 3.05) is 5.75 Å². The van der Waals surface area contributed by atoms with Crippen molar-refractivity contribution >= 4 is 23.2 Å². The van der Waals surface area contributed by atoms with Gasteiger partial charge >= 0.3 is 5.97 Å². The van der Waals surface area contributed by atoms with Gasteiger partial charge in [-0.25, -0.2) is 0 Å². The van der Waals surface area contributed by atoms with E-state index in [1.54, 1.807) is 18.7 Å². The van der Waals surface area contributed by atoms with Gasteiger partial charge in [0, 0.05) is 23.9 Å². The first kappa shape index (κ1) is 13.5. The summed E-state index contributed by atoms with van der Waals surface area (Å²) < 4.78 is 1.93. The summed E-state index contributed by atoms with van der Waals surface area (Å²) in [5.74, 6) is 0.0526. The van der Waals surface area contributed by atoms with Gasteiger partial charge < -0.3 is 9.51 Å². The number of hydrogen-bond donors (Lipinski definition) is 1. The summed E-state index contributed by atoms with van der Waals surface area (Å²) in [5.41, 5.74) is 2.53. The number of carboxylic acids is 1. The summed E-state index contributed by atoms with van der Waals surface area (Å²) >= 11 is 1.54. The second-order valence-corrected chi connectivity index (χ2v) is 5.42. The number of aromatic nitrogens is 1. The van der Waals surface area contributed by atoms with Gasteiger partial charge in [0.15, 0.2) is 0 Å². The van der Waals surface area contributed by atoms with Crippen LogP contribution in [0.5, 0.6) is 0 Å². The zero-order valence-electron chi connectivity index (χ0n) is 10.5. The number of carbonyl (C=O) groups is 1. The molecule has 5 heteroatoms. The Hall–Kier alpha value is -1.93. The molecule has 0 fully saturated rings. The van der Waals surface area contributed by atoms with Gasteiger partial charge in [0.1, 0.15) is 6.07 Å². The first-order chi connectivity index (χ1) is 9.13. The normalized spacial score (nSPS) is 12.2. The highest BCUT2D eigenvalue weighted by Gasteiger charge is 2.13. The van der Waals surface area contributed by atoms with Crippen LogP contribution < -0.4 is 0 Å². The molecule has 0 bridgehead atoms. The second kappa shape index (κ2) is 5.81. The lowest BCUT2D eigenvalue weighted by atomic mass is 10.2. The van der Waals surface area contributed by atoms with Crippen LogP contribution >= 0.6 is 11.8 Å². The molecule has 0 aromatic carbocycles. The molecule has 0 radical (unpaired) electrons. The SMILES string of the molecule is CC(CSCc1cn2ccccc2c1C#N)C(=O)O. The third kappa shape index (κ3) is 2.91. The third-order valence-corrected chi connectivity index (χ3v) is 4.17. The number of nitriles is 1. The molecule has 4 nitrogen and oxygen atoms in total. The predicted molar refractivity (Wildman–Crippen MR) is 75.1 cm³/mol. The van der Waals surface area contributed by atoms with Gasteiger partial charge in [0.2, 0.25) is 0 Å². The molecule has 0 spiro atoms. The van der Waals surface area contributed by atoms with Gasteiger partial charge in [-0.05, 0) is 17.7 Å². The zero-order valence-corrected chi connectivity index (χ0v) is 11.4. The minimum atomic E-state index is -0.782. The van der Waals surface area contributed by atoms with Crippen LogP contribution in [0, 0.1) is 17.2 Å². The summed E-state index contributed by atoms with van der Waals surface area (Å²) in [6.07, 6.45) is 3.84. The topological polar surface area (TPSA) is 65.5 Å². The molecule has 0 aliphatic rings. The van der Waals surface area contributed by atoms with E-state index in [0.717, 1.165) is 11.1 Å². The van der Waals surface area contributed by atoms with Crippen LogP contribution in [0.4, 0.5) is 0 Å². The Bertz CT molecular complexity index is 642. The Kier molecular flexibility index (Phi) is 4.13. The number of carboxylic acid groups (broad SMARTS) is 1. The molecule has 2 aromatic rings. The maximum atomic E-state index is 10.7. The lowest BCUT2D eigenvalue weighted by Gasteiger charge is -2.04. The molecule has 1 atom stereocenters. The van der Waals surface area contributed by atoms with E-state index in [1.807, 2.05) is 35.0 Å². The Morgan fingerprint density at radius 3 is 3.05 bits per heavy atom. The average Bonchev–Trinajstić information content (AvgIpc) is 2.75. The number of pyridine rings is 1. The predicted octanol–water partition coefficient (Wildman–Crippen LogP) is 2.76. The average molecular weight is 274 g/mol. The molecule has 19 heavy (non-hydrogen) atoms. The van der Waals surface area contributed by atoms with Gasteiger partial charge in [-0.15, -0.1) is 0 Å². The lowest BCUT2D eigenvalue weighted by molar-refractivity contribution is -0.140. The van der Waals surface area contributed by atoms with Crippen molar-refractivity contribution in [3.63, 3.8) is 0 Å². The Labute approximate surface area is 115 Å². The number of thioether (sulfide) groups is 1. The van der Waals surface area contributed by atoms with Crippen molar-refractivity contribution in [2.24, 2.45) is 5.92 Å². The highest BCUT2D eigenvalue weighted by atomic mass is 32.2. The molecule has 0 aliphatic heterocycles. The van der Waals surface area contributed by atoms with Gasteiger partial charge in [0.25, 0.3) is 0 Å². The van der Waals surface area contributed by atoms with Gasteiger partial charge in [0.05, 0.1) is 17.0 Å². The molecule has 1 unspecified atom stereocenters. The van der Waals surface area contributed by atoms with E-state index < -0.39 is 5.97 Å². The third-order valence-electron chi connectivity index (χ3n) is 2.92. The van der Waals surface area contributed by atoms with Crippen molar-refractivity contribution < 1.29 is 9.90 Å². The van der Waals surface area contributed by atoms with Crippen molar-refractivity contribution in [1.82, 2.24) is 4.40 Å². The number of rotatable bonds is 5. The van der Waals surface area contributed by atoms with Crippen LogP contribution in [0.2, 0.25) is 0 Å². The molecular formula is C14H14N2O2S. The molecule has 0 amide bonds. The second-order valence-electron chi connectivity index (χ2n) is 4.39. The van der Waals surface area contributed by atoms with Crippen molar-refractivity contribution in [3.05, 3.63) is 41.7 Å². The van der Waals surface area contributed by atoms with E-state index in [0.29, 0.717) is 17.1 Å². The van der Waals surface area contributed by atoms with Gasteiger partial charge in [-0.2, -0.15) is 17.0 Å². The van der Waals surface area contributed by atoms with E-state index in [1.165, 1.54) is 0 Å². The van der Waals surface area contributed by atoms with Gasteiger partial charge in [-0.1, -0.05) is 13.0 Å². The first-order valence-electron chi connectivity index (χ1n) is 5.92. The molecule has 0 aliphatic carbocycles. The van der Waals surface area contributed by atoms with E-state index >= 15 is 0 Å². The summed E-state index contributed by atoms with van der Waals surface area (Å²) in [4.78, 5) is 10.7. The van der Waals surface area contributed by atoms with Crippen LogP contribution in [-0.4, -0.2) is 21.2 Å². The van der Waals surface area contributed by atoms with Gasteiger partial charge in [-0.3, -0.25) is 4.79 Å². The number of hydrogen-bond acceptors (Lipinski definition) is 3. The molecule has 1 N–H and O–H groups in total. The van der Waals surface area contributed by atoms with E-state index in [-0.39, 0.29) is 5.92 Å². The van der Waals surface area contributed by atoms with Crippen LogP contribution in [0.3, 0.4) is 0 Å². The van der Waals surface area contributed by atoms with E-state index in [9.17, 15) is 10.1 Å². The fourth-order valence-corrected chi connectivity index (χ4v) is 2.89. The molecule has 98 valence electrons. The van der Waals surface area contributed by atoms with Crippen LogP contribution in [0.1, 0.15) is 18.1 Å². The highest BCUT2D eigenvalue weighted by Crippen LogP contribution is 2.23. The molecule has 0 saturated heterocycles. The van der Waals surface area contributed by atoms with E-state index in [4.69, 9.17) is 5.11 Å². The number of nitrogens with zero attached hydrogens (tertiary/aromatic N) is 2. The summed E-state index contributed by atoms with van der Waals surface area (Å²) in [6.45, 7) is 1.69.